The Labute approximate surface area is 391 Å². The third-order valence-corrected chi connectivity index (χ3v) is 15.1. The summed E-state index contributed by atoms with van der Waals surface area (Å²) in [5.41, 5.74) is 5.98. The second-order valence-electron chi connectivity index (χ2n) is 20.1. The number of fused-ring (bicyclic) bond motifs is 6. The molecule has 11 heteroatoms. The van der Waals surface area contributed by atoms with Gasteiger partial charge in [0.25, 0.3) is 5.56 Å². The summed E-state index contributed by atoms with van der Waals surface area (Å²) in [5.74, 6) is 2.42. The molecule has 0 amide bonds. The minimum atomic E-state index is -1.90. The van der Waals surface area contributed by atoms with E-state index in [2.05, 4.69) is 41.5 Å². The number of nitrogens with zero attached hydrogens (tertiary/aromatic N) is 2. The van der Waals surface area contributed by atoms with Gasteiger partial charge in [0.2, 0.25) is 0 Å². The third kappa shape index (κ3) is 10.1. The number of aromatic nitrogens is 2. The largest absolute Gasteiger partial charge is 0.487 e. The zero-order valence-corrected chi connectivity index (χ0v) is 41.1. The maximum Gasteiger partial charge on any atom is 0.343 e. The highest BCUT2D eigenvalue weighted by Gasteiger charge is 2.45. The lowest BCUT2D eigenvalue weighted by molar-refractivity contribution is -0.172. The number of aliphatic hydroxyl groups excluding tert-OH is 1. The summed E-state index contributed by atoms with van der Waals surface area (Å²) in [6.07, 6.45) is 15.0. The van der Waals surface area contributed by atoms with Gasteiger partial charge in [-0.1, -0.05) is 86.0 Å². The van der Waals surface area contributed by atoms with Crippen LogP contribution in [0.4, 0.5) is 0 Å². The van der Waals surface area contributed by atoms with Crippen molar-refractivity contribution in [2.75, 3.05) is 0 Å². The van der Waals surface area contributed by atoms with Crippen molar-refractivity contribution in [3.05, 3.63) is 79.1 Å². The lowest BCUT2D eigenvalue weighted by Gasteiger charge is -2.38. The van der Waals surface area contributed by atoms with Gasteiger partial charge in [-0.05, 0) is 131 Å². The first kappa shape index (κ1) is 49.2. The summed E-state index contributed by atoms with van der Waals surface area (Å²) in [7, 11) is 0. The molecule has 0 spiro atoms. The van der Waals surface area contributed by atoms with E-state index < -0.39 is 23.8 Å². The quantitative estimate of drug-likeness (QED) is 0.0316. The summed E-state index contributed by atoms with van der Waals surface area (Å²) in [5, 5.41) is 23.1. The van der Waals surface area contributed by atoms with Crippen LogP contribution in [0.25, 0.3) is 22.3 Å². The molecular formula is C55H74N2O9. The standard InChI is InChI=1S/C55H74N2O9/c1-10-13-14-18-33(4)19-15-20-34(5)21-17-27-54(9)28-26-40-37(8)50(35(6)36(7)51(40)66-54)65-48(59)23-16-22-47(58)64-38-24-25-45-41(29-38)39(11-2)42-31-57-46(49(42)56-45)30-44-43(52(57)60)32-63-53(61)55(44,62)12-3/h24-25,29-30,33-34,48,59,62H,10-23,26-28,31-32H2,1-9H3/t33-,34-,48?,54?,55+/m1/s1. The molecular weight excluding hydrogens is 833 g/mol. The predicted molar refractivity (Wildman–Crippen MR) is 258 cm³/mol. The Morgan fingerprint density at radius 1 is 0.894 bits per heavy atom. The molecule has 0 fully saturated rings. The van der Waals surface area contributed by atoms with Crippen molar-refractivity contribution in [2.45, 2.75) is 202 Å². The zero-order chi connectivity index (χ0) is 47.5. The number of ether oxygens (including phenoxy) is 4. The average Bonchev–Trinajstić information content (AvgIpc) is 3.66. The van der Waals surface area contributed by atoms with E-state index in [1.165, 1.54) is 51.4 Å². The van der Waals surface area contributed by atoms with Crippen LogP contribution in [0.2, 0.25) is 0 Å². The lowest BCUT2D eigenvalue weighted by Crippen LogP contribution is -2.44. The maximum atomic E-state index is 13.7. The Kier molecular flexibility index (Phi) is 15.4. The Morgan fingerprint density at radius 2 is 1.62 bits per heavy atom. The summed E-state index contributed by atoms with van der Waals surface area (Å²) in [6.45, 7) is 19.3. The molecule has 5 atom stereocenters. The average molecular weight is 907 g/mol. The molecule has 7 rings (SSSR count). The molecule has 0 saturated carbocycles. The molecule has 3 aliphatic rings. The molecule has 11 nitrogen and oxygen atoms in total. The molecule has 0 aliphatic carbocycles. The van der Waals surface area contributed by atoms with E-state index in [9.17, 15) is 24.6 Å². The normalized spacial score (nSPS) is 19.8. The van der Waals surface area contributed by atoms with E-state index in [0.29, 0.717) is 41.2 Å². The fourth-order valence-corrected chi connectivity index (χ4v) is 10.7. The molecule has 2 unspecified atom stereocenters. The van der Waals surface area contributed by atoms with Crippen molar-refractivity contribution >= 4 is 22.8 Å². The molecule has 66 heavy (non-hydrogen) atoms. The summed E-state index contributed by atoms with van der Waals surface area (Å²) >= 11 is 0. The van der Waals surface area contributed by atoms with Crippen LogP contribution in [0.3, 0.4) is 0 Å². The van der Waals surface area contributed by atoms with Gasteiger partial charge in [-0.25, -0.2) is 9.78 Å². The van der Waals surface area contributed by atoms with Gasteiger partial charge < -0.3 is 33.7 Å². The van der Waals surface area contributed by atoms with Gasteiger partial charge in [0.05, 0.1) is 29.0 Å². The molecule has 2 N–H and O–H groups in total. The SMILES string of the molecule is CCCCC[C@@H](C)CCC[C@@H](C)CCCC1(C)CCc2c(C)c(OC(O)CCCC(=O)Oc3ccc4nc5c(c(CC)c4c3)Cn3c-5cc4c(c3=O)COC(=O)[C@]4(O)CC)c(C)c(C)c2O1. The van der Waals surface area contributed by atoms with Crippen LogP contribution in [-0.2, 0) is 45.9 Å². The maximum absolute atomic E-state index is 13.7. The van der Waals surface area contributed by atoms with E-state index in [-0.39, 0.29) is 54.7 Å². The fourth-order valence-electron chi connectivity index (χ4n) is 10.7. The minimum Gasteiger partial charge on any atom is -0.487 e. The molecule has 2 aromatic heterocycles. The van der Waals surface area contributed by atoms with E-state index in [1.807, 2.05) is 19.9 Å². The number of unbranched alkanes of at least 4 members (excludes halogenated alkanes) is 2. The van der Waals surface area contributed by atoms with Gasteiger partial charge in [-0.2, -0.15) is 0 Å². The number of benzene rings is 2. The van der Waals surface area contributed by atoms with Crippen LogP contribution in [0.5, 0.6) is 17.2 Å². The number of carbonyl (C=O) groups excluding carboxylic acids is 2. The second kappa shape index (κ2) is 20.6. The smallest absolute Gasteiger partial charge is 0.343 e. The molecule has 0 saturated heterocycles. The summed E-state index contributed by atoms with van der Waals surface area (Å²) < 4.78 is 25.7. The number of aliphatic hydroxyl groups is 2. The highest BCUT2D eigenvalue weighted by molar-refractivity contribution is 5.90. The Balaban J connectivity index is 0.921. The number of aryl methyl sites for hydroxylation is 1. The van der Waals surface area contributed by atoms with Gasteiger partial charge >= 0.3 is 11.9 Å². The molecule has 0 bridgehead atoms. The topological polar surface area (TPSA) is 146 Å². The number of esters is 2. The molecule has 2 aromatic carbocycles. The number of pyridine rings is 2. The van der Waals surface area contributed by atoms with Crippen molar-refractivity contribution in [1.82, 2.24) is 9.55 Å². The second-order valence-corrected chi connectivity index (χ2v) is 20.1. The summed E-state index contributed by atoms with van der Waals surface area (Å²) in [6, 6.07) is 7.02. The number of cyclic esters (lactones) is 1. The molecule has 3 aliphatic heterocycles. The number of hydrogen-bond acceptors (Lipinski definition) is 10. The van der Waals surface area contributed by atoms with Crippen molar-refractivity contribution < 1.29 is 38.7 Å². The zero-order valence-electron chi connectivity index (χ0n) is 41.1. The number of carbonyl (C=O) groups is 2. The van der Waals surface area contributed by atoms with E-state index >= 15 is 0 Å². The fraction of sp³-hybridized carbons (Fsp3) is 0.600. The third-order valence-electron chi connectivity index (χ3n) is 15.1. The van der Waals surface area contributed by atoms with Gasteiger partial charge in [-0.3, -0.25) is 9.59 Å². The first-order valence-corrected chi connectivity index (χ1v) is 25.0. The van der Waals surface area contributed by atoms with Crippen molar-refractivity contribution in [2.24, 2.45) is 11.8 Å². The van der Waals surface area contributed by atoms with Gasteiger partial charge in [-0.15, -0.1) is 0 Å². The van der Waals surface area contributed by atoms with E-state index in [4.69, 9.17) is 23.9 Å². The van der Waals surface area contributed by atoms with Crippen molar-refractivity contribution in [3.8, 4) is 28.6 Å². The molecule has 5 heterocycles. The summed E-state index contributed by atoms with van der Waals surface area (Å²) in [4.78, 5) is 44.4. The van der Waals surface area contributed by atoms with Crippen LogP contribution in [0.15, 0.2) is 29.1 Å². The highest BCUT2D eigenvalue weighted by Crippen LogP contribution is 2.46. The molecule has 0 radical (unpaired) electrons. The highest BCUT2D eigenvalue weighted by atomic mass is 16.6. The van der Waals surface area contributed by atoms with Crippen LogP contribution in [0.1, 0.15) is 182 Å². The van der Waals surface area contributed by atoms with Crippen LogP contribution < -0.4 is 19.8 Å². The van der Waals surface area contributed by atoms with Gasteiger partial charge in [0.1, 0.15) is 29.5 Å². The van der Waals surface area contributed by atoms with E-state index in [1.54, 1.807) is 29.7 Å². The van der Waals surface area contributed by atoms with Gasteiger partial charge in [0, 0.05) is 34.9 Å². The first-order valence-electron chi connectivity index (χ1n) is 25.0. The Hall–Kier alpha value is -4.74. The monoisotopic (exact) mass is 907 g/mol. The Bertz CT molecular complexity index is 2510. The predicted octanol–water partition coefficient (Wildman–Crippen LogP) is 11.3. The van der Waals surface area contributed by atoms with Crippen LogP contribution in [-0.4, -0.2) is 43.6 Å². The van der Waals surface area contributed by atoms with Crippen LogP contribution >= 0.6 is 0 Å². The Morgan fingerprint density at radius 3 is 2.33 bits per heavy atom. The minimum absolute atomic E-state index is 0.0683. The van der Waals surface area contributed by atoms with Gasteiger partial charge in [0.15, 0.2) is 11.9 Å². The van der Waals surface area contributed by atoms with Crippen LogP contribution in [0, 0.1) is 32.6 Å². The first-order chi connectivity index (χ1) is 31.5. The molecule has 4 aromatic rings. The van der Waals surface area contributed by atoms with E-state index in [0.717, 1.165) is 82.0 Å². The lowest BCUT2D eigenvalue weighted by atomic mass is 9.83. The van der Waals surface area contributed by atoms with Crippen molar-refractivity contribution in [3.63, 3.8) is 0 Å². The number of rotatable bonds is 21. The molecule has 358 valence electrons. The van der Waals surface area contributed by atoms with Crippen molar-refractivity contribution in [1.29, 1.82) is 0 Å². The number of hydrogen-bond donors (Lipinski definition) is 2.